The first-order valence-electron chi connectivity index (χ1n) is 11.5. The van der Waals surface area contributed by atoms with E-state index in [0.29, 0.717) is 37.6 Å². The number of benzene rings is 2. The summed E-state index contributed by atoms with van der Waals surface area (Å²) < 4.78 is 22.2. The molecule has 4 atom stereocenters. The van der Waals surface area contributed by atoms with Gasteiger partial charge in [-0.25, -0.2) is 0 Å². The monoisotopic (exact) mass is 462 g/mol. The van der Waals surface area contributed by atoms with Gasteiger partial charge in [0.2, 0.25) is 18.6 Å². The number of ether oxygens (including phenoxy) is 4. The second-order valence-electron chi connectivity index (χ2n) is 9.17. The van der Waals surface area contributed by atoms with E-state index in [1.54, 1.807) is 12.0 Å². The molecule has 6 rings (SSSR count). The van der Waals surface area contributed by atoms with Gasteiger partial charge in [-0.05, 0) is 41.8 Å². The molecule has 0 radical (unpaired) electrons. The first-order valence-corrected chi connectivity index (χ1v) is 11.5. The quantitative estimate of drug-likeness (QED) is 0.634. The van der Waals surface area contributed by atoms with Crippen molar-refractivity contribution in [2.75, 3.05) is 27.0 Å². The molecule has 0 aliphatic carbocycles. The molecule has 1 N–H and O–H groups in total. The van der Waals surface area contributed by atoms with Gasteiger partial charge < -0.3 is 29.2 Å². The average molecular weight is 463 g/mol. The second kappa shape index (κ2) is 8.06. The lowest BCUT2D eigenvalue weighted by Crippen LogP contribution is -2.44. The lowest BCUT2D eigenvalue weighted by Gasteiger charge is -2.23. The molecule has 176 valence electrons. The standard InChI is InChI=1S/C26H26N2O6/c1-31-18-5-2-16(3-6-18)9-11-27-24(29)22-20-8-10-26(34-20)14-28(25(30)23(22)26)13-17-4-7-19-21(12-17)33-15-32-19/h2-8,10,12,20,22-23H,9,11,13-15H2,1H3,(H,27,29)/t20-,22?,23+,26+/m0/s1. The topological polar surface area (TPSA) is 86.3 Å². The number of carbonyl (C=O) groups excluding carboxylic acids is 2. The van der Waals surface area contributed by atoms with E-state index in [1.807, 2.05) is 54.6 Å². The third kappa shape index (κ3) is 3.40. The molecule has 2 amide bonds. The van der Waals surface area contributed by atoms with Crippen molar-refractivity contribution in [1.29, 1.82) is 0 Å². The van der Waals surface area contributed by atoms with Crippen LogP contribution in [0.4, 0.5) is 0 Å². The minimum absolute atomic E-state index is 0.0418. The highest BCUT2D eigenvalue weighted by Gasteiger charge is 2.66. The SMILES string of the molecule is COc1ccc(CCNC(=O)C2[C@@H]3C=C[C@]4(CN(Cc5ccc6c(c5)OCO6)C(=O)[C@@H]24)O3)cc1. The Morgan fingerprint density at radius 2 is 1.94 bits per heavy atom. The van der Waals surface area contributed by atoms with Gasteiger partial charge in [0.15, 0.2) is 11.5 Å². The summed E-state index contributed by atoms with van der Waals surface area (Å²) in [7, 11) is 1.63. The van der Waals surface area contributed by atoms with Crippen LogP contribution in [0.2, 0.25) is 0 Å². The maximum absolute atomic E-state index is 13.4. The molecule has 2 saturated heterocycles. The maximum atomic E-state index is 13.4. The zero-order chi connectivity index (χ0) is 23.3. The number of methoxy groups -OCH3 is 1. The summed E-state index contributed by atoms with van der Waals surface area (Å²) in [4.78, 5) is 28.4. The highest BCUT2D eigenvalue weighted by molar-refractivity contribution is 5.93. The van der Waals surface area contributed by atoms with Crippen LogP contribution >= 0.6 is 0 Å². The van der Waals surface area contributed by atoms with Gasteiger partial charge in [0.1, 0.15) is 11.4 Å². The van der Waals surface area contributed by atoms with Crippen LogP contribution in [0.3, 0.4) is 0 Å². The van der Waals surface area contributed by atoms with Gasteiger partial charge >= 0.3 is 0 Å². The Kier molecular flexibility index (Phi) is 4.99. The first-order chi connectivity index (χ1) is 16.6. The van der Waals surface area contributed by atoms with Crippen molar-refractivity contribution < 1.29 is 28.5 Å². The minimum atomic E-state index is -0.726. The van der Waals surface area contributed by atoms with E-state index in [0.717, 1.165) is 16.9 Å². The van der Waals surface area contributed by atoms with Gasteiger partial charge in [-0.15, -0.1) is 0 Å². The summed E-state index contributed by atoms with van der Waals surface area (Å²) >= 11 is 0. The highest BCUT2D eigenvalue weighted by atomic mass is 16.7. The van der Waals surface area contributed by atoms with Gasteiger partial charge in [0.25, 0.3) is 0 Å². The van der Waals surface area contributed by atoms with Gasteiger partial charge in [-0.3, -0.25) is 9.59 Å². The number of hydrogen-bond acceptors (Lipinski definition) is 6. The Morgan fingerprint density at radius 1 is 1.15 bits per heavy atom. The molecule has 2 aromatic carbocycles. The molecule has 34 heavy (non-hydrogen) atoms. The molecule has 2 bridgehead atoms. The van der Waals surface area contributed by atoms with Crippen molar-refractivity contribution in [2.45, 2.75) is 24.7 Å². The number of fused-ring (bicyclic) bond motifs is 2. The lowest BCUT2D eigenvalue weighted by atomic mass is 9.77. The molecular formula is C26H26N2O6. The molecule has 8 nitrogen and oxygen atoms in total. The largest absolute Gasteiger partial charge is 0.497 e. The smallest absolute Gasteiger partial charge is 0.231 e. The number of amides is 2. The molecule has 1 unspecified atom stereocenters. The zero-order valence-electron chi connectivity index (χ0n) is 18.9. The van der Waals surface area contributed by atoms with Gasteiger partial charge in [-0.1, -0.05) is 30.4 Å². The molecule has 4 heterocycles. The summed E-state index contributed by atoms with van der Waals surface area (Å²) in [6.45, 7) is 1.57. The van der Waals surface area contributed by atoms with Gasteiger partial charge in [0.05, 0.1) is 31.6 Å². The van der Waals surface area contributed by atoms with Crippen molar-refractivity contribution in [3.05, 3.63) is 65.7 Å². The maximum Gasteiger partial charge on any atom is 0.231 e. The fourth-order valence-electron chi connectivity index (χ4n) is 5.51. The minimum Gasteiger partial charge on any atom is -0.497 e. The highest BCUT2D eigenvalue weighted by Crippen LogP contribution is 2.52. The fourth-order valence-corrected chi connectivity index (χ4v) is 5.51. The number of nitrogens with zero attached hydrogens (tertiary/aromatic N) is 1. The number of nitrogens with one attached hydrogen (secondary N) is 1. The fraction of sp³-hybridized carbons (Fsp3) is 0.385. The summed E-state index contributed by atoms with van der Waals surface area (Å²) in [6, 6.07) is 13.5. The van der Waals surface area contributed by atoms with Crippen LogP contribution in [-0.4, -0.2) is 55.4 Å². The Morgan fingerprint density at radius 3 is 2.76 bits per heavy atom. The molecule has 2 aromatic rings. The predicted octanol–water partition coefficient (Wildman–Crippen LogP) is 2.06. The van der Waals surface area contributed by atoms with Crippen LogP contribution < -0.4 is 19.5 Å². The van der Waals surface area contributed by atoms with Crippen LogP contribution in [0.5, 0.6) is 17.2 Å². The third-order valence-corrected chi connectivity index (χ3v) is 7.16. The van der Waals surface area contributed by atoms with Crippen LogP contribution in [0, 0.1) is 11.8 Å². The third-order valence-electron chi connectivity index (χ3n) is 7.16. The van der Waals surface area contributed by atoms with Crippen LogP contribution in [0.25, 0.3) is 0 Å². The van der Waals surface area contributed by atoms with Crippen molar-refractivity contribution >= 4 is 11.8 Å². The Bertz CT molecular complexity index is 1160. The average Bonchev–Trinajstić information content (AvgIpc) is 3.61. The van der Waals surface area contributed by atoms with E-state index in [9.17, 15) is 9.59 Å². The van der Waals surface area contributed by atoms with Crippen LogP contribution in [0.15, 0.2) is 54.6 Å². The number of hydrogen-bond donors (Lipinski definition) is 1. The van der Waals surface area contributed by atoms with E-state index in [1.165, 1.54) is 0 Å². The summed E-state index contributed by atoms with van der Waals surface area (Å²) in [5, 5.41) is 3.02. The normalized spacial score (nSPS) is 27.9. The number of likely N-dealkylation sites (tertiary alicyclic amines) is 1. The van der Waals surface area contributed by atoms with Gasteiger partial charge in [0, 0.05) is 13.1 Å². The van der Waals surface area contributed by atoms with Crippen molar-refractivity contribution in [1.82, 2.24) is 10.2 Å². The predicted molar refractivity (Wildman–Crippen MR) is 121 cm³/mol. The summed E-state index contributed by atoms with van der Waals surface area (Å²) in [5.41, 5.74) is 1.33. The van der Waals surface area contributed by atoms with E-state index in [2.05, 4.69) is 5.32 Å². The van der Waals surface area contributed by atoms with Crippen LogP contribution in [-0.2, 0) is 27.3 Å². The summed E-state index contributed by atoms with van der Waals surface area (Å²) in [5.74, 6) is 1.01. The summed E-state index contributed by atoms with van der Waals surface area (Å²) in [6.07, 6.45) is 4.24. The lowest BCUT2D eigenvalue weighted by molar-refractivity contribution is -0.137. The molecule has 4 aliphatic heterocycles. The zero-order valence-corrected chi connectivity index (χ0v) is 18.9. The molecule has 0 aromatic heterocycles. The second-order valence-corrected chi connectivity index (χ2v) is 9.17. The molecule has 8 heteroatoms. The number of carbonyl (C=O) groups is 2. The van der Waals surface area contributed by atoms with Crippen LogP contribution in [0.1, 0.15) is 11.1 Å². The first kappa shape index (κ1) is 21.0. The van der Waals surface area contributed by atoms with Crippen molar-refractivity contribution in [3.63, 3.8) is 0 Å². The van der Waals surface area contributed by atoms with Gasteiger partial charge in [-0.2, -0.15) is 0 Å². The van der Waals surface area contributed by atoms with E-state index >= 15 is 0 Å². The Balaban J connectivity index is 1.12. The molecule has 1 spiro atoms. The Hall–Kier alpha value is -3.52. The van der Waals surface area contributed by atoms with Crippen molar-refractivity contribution in [3.8, 4) is 17.2 Å². The van der Waals surface area contributed by atoms with Crippen molar-refractivity contribution in [2.24, 2.45) is 11.8 Å². The molecule has 2 fully saturated rings. The number of rotatable bonds is 7. The Labute approximate surface area is 197 Å². The molecular weight excluding hydrogens is 436 g/mol. The molecule has 4 aliphatic rings. The van der Waals surface area contributed by atoms with E-state index in [-0.39, 0.29) is 24.7 Å². The van der Waals surface area contributed by atoms with E-state index in [4.69, 9.17) is 18.9 Å². The van der Waals surface area contributed by atoms with E-state index < -0.39 is 17.4 Å². The molecule has 0 saturated carbocycles.